The fraction of sp³-hybridized carbons (Fsp3) is 0.278. The van der Waals surface area contributed by atoms with Gasteiger partial charge in [0.25, 0.3) is 0 Å². The quantitative estimate of drug-likeness (QED) is 0.797. The van der Waals surface area contributed by atoms with Crippen molar-refractivity contribution in [2.24, 2.45) is 5.73 Å². The maximum atomic E-state index is 10.1. The molecule has 0 heterocycles. The zero-order valence-corrected chi connectivity index (χ0v) is 12.0. The molecule has 0 aliphatic rings. The van der Waals surface area contributed by atoms with Gasteiger partial charge in [-0.3, -0.25) is 0 Å². The van der Waals surface area contributed by atoms with Crippen molar-refractivity contribution >= 4 is 0 Å². The van der Waals surface area contributed by atoms with Crippen LogP contribution in [0.5, 0.6) is 0 Å². The van der Waals surface area contributed by atoms with Gasteiger partial charge in [0.15, 0.2) is 0 Å². The van der Waals surface area contributed by atoms with Crippen LogP contribution in [0.15, 0.2) is 48.5 Å². The molecule has 3 N–H and O–H groups in total. The molecule has 0 amide bonds. The number of nitriles is 1. The van der Waals surface area contributed by atoms with Crippen molar-refractivity contribution in [1.82, 2.24) is 0 Å². The van der Waals surface area contributed by atoms with Gasteiger partial charge < -0.3 is 10.8 Å². The molecule has 3 nitrogen and oxygen atoms in total. The minimum Gasteiger partial charge on any atom is -0.388 e. The van der Waals surface area contributed by atoms with Crippen LogP contribution in [0.1, 0.15) is 36.5 Å². The molecule has 2 rings (SSSR count). The molecule has 1 unspecified atom stereocenters. The smallest absolute Gasteiger partial charge is 0.0991 e. The van der Waals surface area contributed by atoms with E-state index in [0.29, 0.717) is 12.1 Å². The van der Waals surface area contributed by atoms with E-state index in [-0.39, 0.29) is 0 Å². The third-order valence-electron chi connectivity index (χ3n) is 3.57. The van der Waals surface area contributed by atoms with Gasteiger partial charge in [-0.2, -0.15) is 5.26 Å². The van der Waals surface area contributed by atoms with E-state index in [0.717, 1.165) is 36.0 Å². The largest absolute Gasteiger partial charge is 0.388 e. The van der Waals surface area contributed by atoms with Gasteiger partial charge in [-0.05, 0) is 54.6 Å². The zero-order chi connectivity index (χ0) is 15.1. The van der Waals surface area contributed by atoms with Crippen molar-refractivity contribution in [2.45, 2.75) is 25.4 Å². The topological polar surface area (TPSA) is 70.0 Å². The predicted molar refractivity (Wildman–Crippen MR) is 84.5 cm³/mol. The Morgan fingerprint density at radius 2 is 1.52 bits per heavy atom. The standard InChI is InChI=1S/C18H20N2O/c19-12-2-1-3-18(21)17-10-8-16(9-11-17)15-6-4-14(13-20)5-7-15/h4-11,18,21H,1-3,12,19H2. The Kier molecular flexibility index (Phi) is 5.51. The van der Waals surface area contributed by atoms with Crippen molar-refractivity contribution in [3.63, 3.8) is 0 Å². The van der Waals surface area contributed by atoms with Gasteiger partial charge in [-0.1, -0.05) is 36.4 Å². The first kappa shape index (κ1) is 15.2. The van der Waals surface area contributed by atoms with Gasteiger partial charge in [0.2, 0.25) is 0 Å². The number of nitrogens with two attached hydrogens (primary N) is 1. The second kappa shape index (κ2) is 7.58. The van der Waals surface area contributed by atoms with Crippen LogP contribution in [0, 0.1) is 11.3 Å². The first-order valence-corrected chi connectivity index (χ1v) is 7.23. The molecule has 0 saturated carbocycles. The third-order valence-corrected chi connectivity index (χ3v) is 3.57. The molecular weight excluding hydrogens is 260 g/mol. The van der Waals surface area contributed by atoms with Crippen molar-refractivity contribution < 1.29 is 5.11 Å². The van der Waals surface area contributed by atoms with Gasteiger partial charge in [0, 0.05) is 0 Å². The molecule has 108 valence electrons. The number of hydrogen-bond donors (Lipinski definition) is 2. The Morgan fingerprint density at radius 3 is 2.05 bits per heavy atom. The van der Waals surface area contributed by atoms with Crippen molar-refractivity contribution in [3.8, 4) is 17.2 Å². The Balaban J connectivity index is 2.05. The molecule has 2 aromatic rings. The molecule has 0 radical (unpaired) electrons. The summed E-state index contributed by atoms with van der Waals surface area (Å²) in [4.78, 5) is 0. The summed E-state index contributed by atoms with van der Waals surface area (Å²) in [6.45, 7) is 0.671. The van der Waals surface area contributed by atoms with Crippen LogP contribution in [-0.4, -0.2) is 11.7 Å². The Morgan fingerprint density at radius 1 is 0.952 bits per heavy atom. The van der Waals surface area contributed by atoms with Gasteiger partial charge in [0.1, 0.15) is 0 Å². The molecule has 0 aromatic heterocycles. The summed E-state index contributed by atoms with van der Waals surface area (Å²) in [5, 5.41) is 18.9. The van der Waals surface area contributed by atoms with E-state index in [1.165, 1.54) is 0 Å². The molecule has 1 atom stereocenters. The van der Waals surface area contributed by atoms with E-state index in [1.807, 2.05) is 48.5 Å². The average molecular weight is 280 g/mol. The van der Waals surface area contributed by atoms with Crippen molar-refractivity contribution in [3.05, 3.63) is 59.7 Å². The van der Waals surface area contributed by atoms with Crippen molar-refractivity contribution in [2.75, 3.05) is 6.54 Å². The highest BCUT2D eigenvalue weighted by atomic mass is 16.3. The van der Waals surface area contributed by atoms with Gasteiger partial charge in [-0.25, -0.2) is 0 Å². The minimum atomic E-state index is -0.424. The lowest BCUT2D eigenvalue weighted by Gasteiger charge is -2.11. The first-order chi connectivity index (χ1) is 10.2. The fourth-order valence-electron chi connectivity index (χ4n) is 2.28. The normalized spacial score (nSPS) is 11.9. The van der Waals surface area contributed by atoms with Crippen molar-refractivity contribution in [1.29, 1.82) is 5.26 Å². The molecular formula is C18H20N2O. The van der Waals surface area contributed by atoms with Crippen LogP contribution < -0.4 is 5.73 Å². The van der Waals surface area contributed by atoms with E-state index in [1.54, 1.807) is 0 Å². The Bertz CT molecular complexity index is 597. The second-order valence-corrected chi connectivity index (χ2v) is 5.11. The van der Waals surface area contributed by atoms with Gasteiger partial charge >= 0.3 is 0 Å². The molecule has 0 aliphatic carbocycles. The van der Waals surface area contributed by atoms with E-state index in [9.17, 15) is 5.11 Å². The summed E-state index contributed by atoms with van der Waals surface area (Å²) in [5.74, 6) is 0. The predicted octanol–water partition coefficient (Wildman–Crippen LogP) is 3.39. The highest BCUT2D eigenvalue weighted by Crippen LogP contribution is 2.24. The number of hydrogen-bond acceptors (Lipinski definition) is 3. The van der Waals surface area contributed by atoms with E-state index in [2.05, 4.69) is 6.07 Å². The summed E-state index contributed by atoms with van der Waals surface area (Å²) < 4.78 is 0. The first-order valence-electron chi connectivity index (χ1n) is 7.23. The van der Waals surface area contributed by atoms with E-state index in [4.69, 9.17) is 11.0 Å². The molecule has 21 heavy (non-hydrogen) atoms. The molecule has 3 heteroatoms. The van der Waals surface area contributed by atoms with Crippen LogP contribution in [0.3, 0.4) is 0 Å². The molecule has 2 aromatic carbocycles. The van der Waals surface area contributed by atoms with Crippen LogP contribution >= 0.6 is 0 Å². The molecule has 0 bridgehead atoms. The monoisotopic (exact) mass is 280 g/mol. The molecule has 0 fully saturated rings. The number of aliphatic hydroxyl groups is 1. The van der Waals surface area contributed by atoms with Crippen LogP contribution in [-0.2, 0) is 0 Å². The third kappa shape index (κ3) is 4.16. The minimum absolute atomic E-state index is 0.424. The lowest BCUT2D eigenvalue weighted by atomic mass is 9.99. The highest BCUT2D eigenvalue weighted by Gasteiger charge is 2.07. The fourth-order valence-corrected chi connectivity index (χ4v) is 2.28. The lowest BCUT2D eigenvalue weighted by molar-refractivity contribution is 0.164. The number of unbranched alkanes of at least 4 members (excludes halogenated alkanes) is 1. The van der Waals surface area contributed by atoms with Gasteiger partial charge in [-0.15, -0.1) is 0 Å². The molecule has 0 aliphatic heterocycles. The summed E-state index contributed by atoms with van der Waals surface area (Å²) in [7, 11) is 0. The Labute approximate surface area is 125 Å². The Hall–Kier alpha value is -2.15. The maximum Gasteiger partial charge on any atom is 0.0991 e. The van der Waals surface area contributed by atoms with Crippen LogP contribution in [0.4, 0.5) is 0 Å². The summed E-state index contributed by atoms with van der Waals surface area (Å²) in [5.41, 5.74) is 9.20. The van der Waals surface area contributed by atoms with Gasteiger partial charge in [0.05, 0.1) is 17.7 Å². The number of aliphatic hydroxyl groups excluding tert-OH is 1. The highest BCUT2D eigenvalue weighted by molar-refractivity contribution is 5.64. The van der Waals surface area contributed by atoms with Crippen LogP contribution in [0.25, 0.3) is 11.1 Å². The van der Waals surface area contributed by atoms with E-state index < -0.39 is 6.10 Å². The van der Waals surface area contributed by atoms with Crippen LogP contribution in [0.2, 0.25) is 0 Å². The molecule has 0 saturated heterocycles. The lowest BCUT2D eigenvalue weighted by Crippen LogP contribution is -2.01. The average Bonchev–Trinajstić information content (AvgIpc) is 2.55. The molecule has 0 spiro atoms. The maximum absolute atomic E-state index is 10.1. The summed E-state index contributed by atoms with van der Waals surface area (Å²) in [6, 6.07) is 17.5. The summed E-state index contributed by atoms with van der Waals surface area (Å²) in [6.07, 6.45) is 2.20. The van der Waals surface area contributed by atoms with E-state index >= 15 is 0 Å². The SMILES string of the molecule is N#Cc1ccc(-c2ccc(C(O)CCCCN)cc2)cc1. The number of nitrogens with zero attached hydrogens (tertiary/aromatic N) is 1. The number of benzene rings is 2. The number of rotatable bonds is 6. The zero-order valence-electron chi connectivity index (χ0n) is 12.0. The summed E-state index contributed by atoms with van der Waals surface area (Å²) >= 11 is 0. The second-order valence-electron chi connectivity index (χ2n) is 5.11.